The molecule has 196 valence electrons. The fraction of sp³-hybridized carbons (Fsp3) is 0.440. The van der Waals surface area contributed by atoms with Crippen LogP contribution in [0.4, 0.5) is 0 Å². The number of benzene rings is 1. The maximum atomic E-state index is 12.0. The first-order valence-corrected chi connectivity index (χ1v) is 12.1. The molecular formula is C25H31Cl2N3O6. The number of hydrogen-bond donors (Lipinski definition) is 2. The van der Waals surface area contributed by atoms with Gasteiger partial charge in [0.05, 0.1) is 22.6 Å². The van der Waals surface area contributed by atoms with Gasteiger partial charge in [-0.2, -0.15) is 0 Å². The van der Waals surface area contributed by atoms with E-state index in [0.29, 0.717) is 5.56 Å². The first-order chi connectivity index (χ1) is 16.8. The maximum Gasteiger partial charge on any atom is 0.367 e. The summed E-state index contributed by atoms with van der Waals surface area (Å²) in [5, 5.41) is 13.2. The van der Waals surface area contributed by atoms with Gasteiger partial charge < -0.3 is 25.2 Å². The summed E-state index contributed by atoms with van der Waals surface area (Å²) in [5.74, 6) is -0.548. The second-order valence-corrected chi connectivity index (χ2v) is 10.2. The van der Waals surface area contributed by atoms with Gasteiger partial charge in [0.25, 0.3) is 0 Å². The van der Waals surface area contributed by atoms with E-state index in [9.17, 15) is 14.7 Å². The molecule has 0 atom stereocenters. The summed E-state index contributed by atoms with van der Waals surface area (Å²) in [4.78, 5) is 32.0. The third kappa shape index (κ3) is 9.20. The molecule has 0 amide bonds. The molecule has 9 nitrogen and oxygen atoms in total. The Hall–Kier alpha value is -3.04. The Bertz CT molecular complexity index is 1110. The van der Waals surface area contributed by atoms with Crippen molar-refractivity contribution in [2.75, 3.05) is 0 Å². The van der Waals surface area contributed by atoms with Crippen molar-refractivity contribution in [2.24, 2.45) is 16.8 Å². The van der Waals surface area contributed by atoms with Gasteiger partial charge in [-0.1, -0.05) is 34.8 Å². The molecule has 0 spiro atoms. The van der Waals surface area contributed by atoms with Gasteiger partial charge in [0.1, 0.15) is 16.4 Å². The first-order valence-electron chi connectivity index (χ1n) is 11.4. The lowest BCUT2D eigenvalue weighted by atomic mass is 9.85. The Kier molecular flexibility index (Phi) is 10.4. The Morgan fingerprint density at radius 2 is 1.83 bits per heavy atom. The van der Waals surface area contributed by atoms with Gasteiger partial charge in [-0.05, 0) is 71.7 Å². The maximum absolute atomic E-state index is 12.0. The van der Waals surface area contributed by atoms with E-state index in [-0.39, 0.29) is 56.7 Å². The number of carbonyl (C=O) groups is 2. The monoisotopic (exact) mass is 539 g/mol. The molecule has 1 aliphatic rings. The van der Waals surface area contributed by atoms with Crippen molar-refractivity contribution in [2.45, 2.75) is 65.6 Å². The van der Waals surface area contributed by atoms with Crippen LogP contribution in [0.3, 0.4) is 0 Å². The Balaban J connectivity index is 0.000000346. The van der Waals surface area contributed by atoms with Crippen LogP contribution in [0.5, 0.6) is 11.6 Å². The molecule has 1 heterocycles. The zero-order valence-corrected chi connectivity index (χ0v) is 22.4. The van der Waals surface area contributed by atoms with E-state index in [1.54, 1.807) is 0 Å². The highest BCUT2D eigenvalue weighted by atomic mass is 35.5. The van der Waals surface area contributed by atoms with Gasteiger partial charge >= 0.3 is 11.9 Å². The minimum Gasteiger partial charge on any atom is -0.508 e. The number of esters is 1. The van der Waals surface area contributed by atoms with Crippen LogP contribution in [-0.2, 0) is 14.4 Å². The summed E-state index contributed by atoms with van der Waals surface area (Å²) in [7, 11) is 0. The summed E-state index contributed by atoms with van der Waals surface area (Å²) >= 11 is 11.9. The van der Waals surface area contributed by atoms with Crippen molar-refractivity contribution >= 4 is 41.0 Å². The largest absolute Gasteiger partial charge is 0.508 e. The third-order valence-electron chi connectivity index (χ3n) is 4.69. The average Bonchev–Trinajstić information content (AvgIpc) is 2.70. The van der Waals surface area contributed by atoms with Crippen LogP contribution in [0.2, 0.25) is 10.0 Å². The molecule has 1 aromatic heterocycles. The second-order valence-electron chi connectivity index (χ2n) is 9.36. The molecule has 3 rings (SSSR count). The van der Waals surface area contributed by atoms with Crippen molar-refractivity contribution in [1.82, 2.24) is 4.98 Å². The van der Waals surface area contributed by atoms with Crippen LogP contribution in [-0.4, -0.2) is 39.6 Å². The zero-order valence-electron chi connectivity index (χ0n) is 20.9. The highest BCUT2D eigenvalue weighted by molar-refractivity contribution is 6.34. The minimum atomic E-state index is -0.802. The number of oxime groups is 1. The molecule has 1 aliphatic carbocycles. The number of aromatic hydroxyl groups is 1. The van der Waals surface area contributed by atoms with Crippen LogP contribution in [0.1, 0.15) is 69.8 Å². The number of amidine groups is 1. The number of nitrogens with two attached hydrogens (primary N) is 1. The topological polar surface area (TPSA) is 133 Å². The number of phenols is 1. The fourth-order valence-corrected chi connectivity index (χ4v) is 3.26. The van der Waals surface area contributed by atoms with E-state index in [1.165, 1.54) is 36.9 Å². The number of ether oxygens (including phenoxy) is 2. The molecule has 0 aliphatic heterocycles. The zero-order chi connectivity index (χ0) is 27.0. The standard InChI is InChI=1S/C16H15Cl2N3O4.C9H16O2/c1-8(2)24-15-13(18)5-9(7-20-15)16(23)25-21-14(19)11-4-3-10(22)6-12(11)17;1-9(2,3)11-8(10)7-5-4-6-7/h3-8,22H,1-2H3,(H2,19,21);7H,4-6H2,1-3H3. The van der Waals surface area contributed by atoms with Gasteiger partial charge in [-0.25, -0.2) is 9.78 Å². The number of carbonyl (C=O) groups excluding carboxylic acids is 2. The molecule has 3 N–H and O–H groups in total. The summed E-state index contributed by atoms with van der Waals surface area (Å²) in [6, 6.07) is 5.47. The van der Waals surface area contributed by atoms with E-state index < -0.39 is 5.97 Å². The second kappa shape index (κ2) is 12.8. The van der Waals surface area contributed by atoms with Crippen LogP contribution in [0.15, 0.2) is 35.6 Å². The van der Waals surface area contributed by atoms with Crippen molar-refractivity contribution < 1.29 is 29.0 Å². The number of halogens is 2. The van der Waals surface area contributed by atoms with Crippen LogP contribution in [0, 0.1) is 5.92 Å². The van der Waals surface area contributed by atoms with E-state index in [2.05, 4.69) is 10.1 Å². The van der Waals surface area contributed by atoms with Crippen molar-refractivity contribution in [1.29, 1.82) is 0 Å². The average molecular weight is 540 g/mol. The lowest BCUT2D eigenvalue weighted by molar-refractivity contribution is -0.162. The molecule has 11 heteroatoms. The van der Waals surface area contributed by atoms with Gasteiger partial charge in [-0.15, -0.1) is 0 Å². The lowest BCUT2D eigenvalue weighted by Gasteiger charge is -2.28. The molecular weight excluding hydrogens is 509 g/mol. The lowest BCUT2D eigenvalue weighted by Crippen LogP contribution is -2.31. The number of phenolic OH excluding ortho intramolecular Hbond substituents is 1. The van der Waals surface area contributed by atoms with E-state index in [4.69, 9.17) is 43.2 Å². The number of hydrogen-bond acceptors (Lipinski definition) is 8. The SMILES string of the molecule is CC(C)(C)OC(=O)C1CCC1.CC(C)Oc1ncc(C(=O)O/N=C(\N)c2ccc(O)cc2Cl)cc1Cl. The van der Waals surface area contributed by atoms with Crippen LogP contribution < -0.4 is 10.5 Å². The van der Waals surface area contributed by atoms with Gasteiger partial charge in [0, 0.05) is 11.8 Å². The quantitative estimate of drug-likeness (QED) is 0.162. The fourth-order valence-electron chi connectivity index (χ4n) is 2.78. The molecule has 36 heavy (non-hydrogen) atoms. The molecule has 0 unspecified atom stereocenters. The van der Waals surface area contributed by atoms with Gasteiger partial charge in [0.15, 0.2) is 5.84 Å². The number of nitrogens with zero attached hydrogens (tertiary/aromatic N) is 2. The van der Waals surface area contributed by atoms with E-state index in [1.807, 2.05) is 34.6 Å². The Morgan fingerprint density at radius 1 is 1.17 bits per heavy atom. The Morgan fingerprint density at radius 3 is 2.33 bits per heavy atom. The molecule has 1 saturated carbocycles. The van der Waals surface area contributed by atoms with Gasteiger partial charge in [-0.3, -0.25) is 4.79 Å². The molecule has 1 aromatic carbocycles. The summed E-state index contributed by atoms with van der Waals surface area (Å²) in [6.45, 7) is 9.37. The van der Waals surface area contributed by atoms with Crippen molar-refractivity contribution in [3.8, 4) is 11.6 Å². The van der Waals surface area contributed by atoms with Gasteiger partial charge in [0.2, 0.25) is 5.88 Å². The smallest absolute Gasteiger partial charge is 0.367 e. The highest BCUT2D eigenvalue weighted by Crippen LogP contribution is 2.29. The molecule has 1 fully saturated rings. The van der Waals surface area contributed by atoms with Crippen LogP contribution >= 0.6 is 23.2 Å². The van der Waals surface area contributed by atoms with Crippen molar-refractivity contribution in [3.05, 3.63) is 51.6 Å². The number of rotatable bonds is 6. The number of pyridine rings is 1. The van der Waals surface area contributed by atoms with E-state index >= 15 is 0 Å². The molecule has 0 bridgehead atoms. The predicted molar refractivity (Wildman–Crippen MR) is 137 cm³/mol. The predicted octanol–water partition coefficient (Wildman–Crippen LogP) is 5.49. The van der Waals surface area contributed by atoms with Crippen molar-refractivity contribution in [3.63, 3.8) is 0 Å². The third-order valence-corrected chi connectivity index (χ3v) is 5.27. The molecule has 0 radical (unpaired) electrons. The molecule has 0 saturated heterocycles. The Labute approximate surface area is 220 Å². The molecule has 2 aromatic rings. The summed E-state index contributed by atoms with van der Waals surface area (Å²) < 4.78 is 10.6. The number of aromatic nitrogens is 1. The van der Waals surface area contributed by atoms with E-state index in [0.717, 1.165) is 12.8 Å². The normalized spacial score (nSPS) is 13.8. The first kappa shape index (κ1) is 29.2. The highest BCUT2D eigenvalue weighted by Gasteiger charge is 2.29. The summed E-state index contributed by atoms with van der Waals surface area (Å²) in [6.07, 6.45) is 4.38. The minimum absolute atomic E-state index is 0.0104. The summed E-state index contributed by atoms with van der Waals surface area (Å²) in [5.41, 5.74) is 5.80. The van der Waals surface area contributed by atoms with Crippen LogP contribution in [0.25, 0.3) is 0 Å².